The fraction of sp³-hybridized carbons (Fsp3) is 0.286. The first-order valence-corrected chi connectivity index (χ1v) is 10.1. The van der Waals surface area contributed by atoms with Crippen LogP contribution in [0.15, 0.2) is 68.4 Å². The maximum absolute atomic E-state index is 13.1. The summed E-state index contributed by atoms with van der Waals surface area (Å²) in [6.45, 7) is 0.297. The summed E-state index contributed by atoms with van der Waals surface area (Å²) in [5.74, 6) is 0.565. The summed E-state index contributed by atoms with van der Waals surface area (Å²) in [7, 11) is 0. The van der Waals surface area contributed by atoms with Crippen LogP contribution in [0, 0.1) is 0 Å². The summed E-state index contributed by atoms with van der Waals surface area (Å²) in [6.07, 6.45) is 9.16. The van der Waals surface area contributed by atoms with Gasteiger partial charge >= 0.3 is 0 Å². The van der Waals surface area contributed by atoms with Crippen molar-refractivity contribution >= 4 is 32.7 Å². The number of amides is 1. The number of rotatable bonds is 5. The van der Waals surface area contributed by atoms with Gasteiger partial charge in [0.05, 0.1) is 30.0 Å². The lowest BCUT2D eigenvalue weighted by Gasteiger charge is -2.27. The highest BCUT2D eigenvalue weighted by molar-refractivity contribution is 9.10. The van der Waals surface area contributed by atoms with Crippen LogP contribution in [0.25, 0.3) is 10.9 Å². The number of carbonyl (C=O) groups excluding carboxylic acids is 1. The lowest BCUT2D eigenvalue weighted by atomic mass is 10.0. The molecule has 0 aliphatic heterocycles. The Hall–Kier alpha value is -2.67. The smallest absolute Gasteiger partial charge is 0.261 e. The largest absolute Gasteiger partial charge is 0.467 e. The maximum Gasteiger partial charge on any atom is 0.261 e. The van der Waals surface area contributed by atoms with Crippen LogP contribution in [0.2, 0.25) is 0 Å². The molecule has 4 rings (SSSR count). The summed E-state index contributed by atoms with van der Waals surface area (Å²) in [6, 6.07) is 9.01. The van der Waals surface area contributed by atoms with Crippen molar-refractivity contribution in [2.45, 2.75) is 38.8 Å². The van der Waals surface area contributed by atoms with Crippen LogP contribution in [0.5, 0.6) is 0 Å². The van der Waals surface area contributed by atoms with Crippen molar-refractivity contribution in [3.05, 3.63) is 75.3 Å². The van der Waals surface area contributed by atoms with Gasteiger partial charge in [-0.1, -0.05) is 22.0 Å². The summed E-state index contributed by atoms with van der Waals surface area (Å²) >= 11 is 3.38. The fourth-order valence-corrected chi connectivity index (χ4v) is 3.81. The Morgan fingerprint density at radius 2 is 2.18 bits per heavy atom. The van der Waals surface area contributed by atoms with Gasteiger partial charge in [-0.2, -0.15) is 0 Å². The van der Waals surface area contributed by atoms with E-state index < -0.39 is 0 Å². The minimum absolute atomic E-state index is 0.0632. The maximum atomic E-state index is 13.1. The van der Waals surface area contributed by atoms with Crippen LogP contribution in [0.4, 0.5) is 0 Å². The molecule has 0 saturated carbocycles. The van der Waals surface area contributed by atoms with Gasteiger partial charge in [0, 0.05) is 10.2 Å². The second kappa shape index (κ2) is 8.14. The van der Waals surface area contributed by atoms with Crippen molar-refractivity contribution in [3.63, 3.8) is 0 Å². The molecule has 1 amide bonds. The number of nitrogens with zero attached hydrogens (tertiary/aromatic N) is 3. The standard InChI is InChI=1S/C21H20BrN3O3/c22-15-8-9-19-18(11-15)21(27)24(14-23-19)13-20(26)25(12-17-7-4-10-28-17)16-5-2-1-3-6-16/h4-5,7-11,14H,1-3,6,12-13H2. The van der Waals surface area contributed by atoms with E-state index in [-0.39, 0.29) is 18.0 Å². The Balaban J connectivity index is 1.64. The van der Waals surface area contributed by atoms with Crippen molar-refractivity contribution in [1.29, 1.82) is 0 Å². The molecule has 0 fully saturated rings. The third kappa shape index (κ3) is 3.94. The molecular formula is C21H20BrN3O3. The molecule has 0 radical (unpaired) electrons. The number of aromatic nitrogens is 2. The van der Waals surface area contributed by atoms with E-state index in [4.69, 9.17) is 4.42 Å². The highest BCUT2D eigenvalue weighted by atomic mass is 79.9. The number of hydrogen-bond donors (Lipinski definition) is 0. The van der Waals surface area contributed by atoms with Crippen LogP contribution >= 0.6 is 15.9 Å². The molecule has 0 atom stereocenters. The molecule has 3 aromatic rings. The Bertz CT molecular complexity index is 1090. The van der Waals surface area contributed by atoms with Gasteiger partial charge in [-0.15, -0.1) is 0 Å². The van der Waals surface area contributed by atoms with E-state index in [0.29, 0.717) is 23.2 Å². The summed E-state index contributed by atoms with van der Waals surface area (Å²) < 4.78 is 7.61. The van der Waals surface area contributed by atoms with Gasteiger partial charge in [-0.05, 0) is 56.0 Å². The van der Waals surface area contributed by atoms with Crippen LogP contribution in [0.1, 0.15) is 31.4 Å². The molecule has 0 spiro atoms. The van der Waals surface area contributed by atoms with E-state index in [0.717, 1.165) is 35.9 Å². The van der Waals surface area contributed by atoms with E-state index in [1.807, 2.05) is 18.2 Å². The van der Waals surface area contributed by atoms with E-state index in [2.05, 4.69) is 27.0 Å². The molecule has 0 N–H and O–H groups in total. The highest BCUT2D eigenvalue weighted by Gasteiger charge is 2.22. The van der Waals surface area contributed by atoms with E-state index in [1.54, 1.807) is 23.3 Å². The van der Waals surface area contributed by atoms with Gasteiger partial charge in [0.2, 0.25) is 5.91 Å². The second-order valence-electron chi connectivity index (χ2n) is 6.84. The Morgan fingerprint density at radius 3 is 2.93 bits per heavy atom. The number of benzene rings is 1. The Morgan fingerprint density at radius 1 is 1.29 bits per heavy atom. The minimum Gasteiger partial charge on any atom is -0.467 e. The summed E-state index contributed by atoms with van der Waals surface area (Å²) in [4.78, 5) is 32.0. The number of furan rings is 1. The van der Waals surface area contributed by atoms with Gasteiger partial charge in [-0.3, -0.25) is 14.2 Å². The average molecular weight is 442 g/mol. The monoisotopic (exact) mass is 441 g/mol. The first-order chi connectivity index (χ1) is 13.6. The molecule has 7 heteroatoms. The number of fused-ring (bicyclic) bond motifs is 1. The van der Waals surface area contributed by atoms with E-state index in [9.17, 15) is 9.59 Å². The van der Waals surface area contributed by atoms with E-state index in [1.165, 1.54) is 10.9 Å². The van der Waals surface area contributed by atoms with Crippen LogP contribution in [-0.2, 0) is 17.9 Å². The topological polar surface area (TPSA) is 68.3 Å². The summed E-state index contributed by atoms with van der Waals surface area (Å²) in [5, 5.41) is 0.485. The molecule has 144 valence electrons. The SMILES string of the molecule is O=C(Cn1cnc2ccc(Br)cc2c1=O)N(Cc1ccco1)C1=CCCCC1. The normalized spacial score (nSPS) is 14.1. The van der Waals surface area contributed by atoms with Gasteiger partial charge < -0.3 is 9.32 Å². The predicted molar refractivity (Wildman–Crippen MR) is 110 cm³/mol. The van der Waals surface area contributed by atoms with Crippen molar-refractivity contribution < 1.29 is 9.21 Å². The lowest BCUT2D eigenvalue weighted by Crippen LogP contribution is -2.36. The molecule has 0 unspecified atom stereocenters. The number of allylic oxidation sites excluding steroid dienone is 2. The third-order valence-electron chi connectivity index (χ3n) is 4.90. The van der Waals surface area contributed by atoms with Crippen LogP contribution in [-0.4, -0.2) is 20.4 Å². The molecule has 1 aromatic carbocycles. The average Bonchev–Trinajstić information content (AvgIpc) is 3.22. The molecule has 6 nitrogen and oxygen atoms in total. The van der Waals surface area contributed by atoms with Gasteiger partial charge in [0.25, 0.3) is 5.56 Å². The molecule has 2 heterocycles. The molecule has 0 saturated heterocycles. The molecule has 28 heavy (non-hydrogen) atoms. The molecular weight excluding hydrogens is 422 g/mol. The number of carbonyl (C=O) groups is 1. The van der Waals surface area contributed by atoms with Crippen LogP contribution < -0.4 is 5.56 Å². The highest BCUT2D eigenvalue weighted by Crippen LogP contribution is 2.23. The quantitative estimate of drug-likeness (QED) is 0.593. The van der Waals surface area contributed by atoms with Crippen molar-refractivity contribution in [2.24, 2.45) is 0 Å². The number of halogens is 1. The zero-order valence-electron chi connectivity index (χ0n) is 15.3. The van der Waals surface area contributed by atoms with Gasteiger partial charge in [0.15, 0.2) is 0 Å². The Kier molecular flexibility index (Phi) is 5.43. The number of hydrogen-bond acceptors (Lipinski definition) is 4. The predicted octanol–water partition coefficient (Wildman–Crippen LogP) is 4.24. The molecule has 2 aromatic heterocycles. The fourth-order valence-electron chi connectivity index (χ4n) is 3.45. The molecule has 1 aliphatic carbocycles. The van der Waals surface area contributed by atoms with Crippen molar-refractivity contribution in [1.82, 2.24) is 14.5 Å². The van der Waals surface area contributed by atoms with Crippen molar-refractivity contribution in [3.8, 4) is 0 Å². The zero-order valence-corrected chi connectivity index (χ0v) is 16.9. The second-order valence-corrected chi connectivity index (χ2v) is 7.76. The minimum atomic E-state index is -0.227. The zero-order chi connectivity index (χ0) is 19.5. The molecule has 0 bridgehead atoms. The molecule has 1 aliphatic rings. The van der Waals surface area contributed by atoms with Crippen LogP contribution in [0.3, 0.4) is 0 Å². The first-order valence-electron chi connectivity index (χ1n) is 9.28. The van der Waals surface area contributed by atoms with E-state index >= 15 is 0 Å². The van der Waals surface area contributed by atoms with Gasteiger partial charge in [-0.25, -0.2) is 4.98 Å². The van der Waals surface area contributed by atoms with Gasteiger partial charge in [0.1, 0.15) is 12.3 Å². The van der Waals surface area contributed by atoms with Crippen molar-refractivity contribution in [2.75, 3.05) is 0 Å². The lowest BCUT2D eigenvalue weighted by molar-refractivity contribution is -0.130. The third-order valence-corrected chi connectivity index (χ3v) is 5.39. The first kappa shape index (κ1) is 18.7. The Labute approximate surface area is 170 Å². The summed E-state index contributed by atoms with van der Waals surface area (Å²) in [5.41, 5.74) is 1.38.